The zero-order valence-corrected chi connectivity index (χ0v) is 19.3. The first-order valence-electron chi connectivity index (χ1n) is 8.80. The predicted molar refractivity (Wildman–Crippen MR) is 120 cm³/mol. The number of guanidine groups is 1. The van der Waals surface area contributed by atoms with Crippen LogP contribution in [-0.4, -0.2) is 51.3 Å². The predicted octanol–water partition coefficient (Wildman–Crippen LogP) is 2.30. The fourth-order valence-corrected chi connectivity index (χ4v) is 2.14. The number of halogens is 1. The van der Waals surface area contributed by atoms with Crippen molar-refractivity contribution in [1.82, 2.24) is 16.0 Å². The van der Waals surface area contributed by atoms with Gasteiger partial charge in [0.1, 0.15) is 5.75 Å². The molecule has 0 aromatic heterocycles. The Bertz CT molecular complexity index is 571. The Morgan fingerprint density at radius 3 is 2.37 bits per heavy atom. The van der Waals surface area contributed by atoms with Crippen LogP contribution in [0.1, 0.15) is 32.8 Å². The molecule has 27 heavy (non-hydrogen) atoms. The van der Waals surface area contributed by atoms with Crippen molar-refractivity contribution in [2.45, 2.75) is 39.3 Å². The molecule has 0 unspecified atom stereocenters. The van der Waals surface area contributed by atoms with Crippen molar-refractivity contribution < 1.29 is 14.3 Å². The molecule has 0 radical (unpaired) electrons. The molecule has 154 valence electrons. The summed E-state index contributed by atoms with van der Waals surface area (Å²) in [6, 6.07) is 7.83. The highest BCUT2D eigenvalue weighted by molar-refractivity contribution is 14.0. The number of amides is 1. The Kier molecular flexibility index (Phi) is 12.8. The Labute approximate surface area is 179 Å². The molecule has 0 aliphatic heterocycles. The van der Waals surface area contributed by atoms with E-state index in [1.165, 1.54) is 0 Å². The van der Waals surface area contributed by atoms with Crippen molar-refractivity contribution in [2.75, 3.05) is 33.9 Å². The minimum atomic E-state index is -0.239. The second-order valence-corrected chi connectivity index (χ2v) is 6.90. The topological polar surface area (TPSA) is 84.0 Å². The zero-order valence-electron chi connectivity index (χ0n) is 16.9. The molecule has 0 fully saturated rings. The van der Waals surface area contributed by atoms with Gasteiger partial charge < -0.3 is 25.4 Å². The number of ether oxygens (including phenoxy) is 2. The van der Waals surface area contributed by atoms with Crippen molar-refractivity contribution in [3.63, 3.8) is 0 Å². The summed E-state index contributed by atoms with van der Waals surface area (Å²) in [4.78, 5) is 15.9. The molecular weight excluding hydrogens is 459 g/mol. The van der Waals surface area contributed by atoms with E-state index in [9.17, 15) is 4.79 Å². The number of benzene rings is 1. The van der Waals surface area contributed by atoms with Gasteiger partial charge in [-0.15, -0.1) is 24.0 Å². The monoisotopic (exact) mass is 492 g/mol. The minimum Gasteiger partial charge on any atom is -0.497 e. The quantitative estimate of drug-likeness (QED) is 0.213. The number of carbonyl (C=O) groups excluding carboxylic acids is 1. The molecule has 1 aromatic carbocycles. The molecule has 1 aromatic rings. The van der Waals surface area contributed by atoms with Crippen LogP contribution in [0.2, 0.25) is 0 Å². The number of nitrogens with zero attached hydrogens (tertiary/aromatic N) is 1. The van der Waals surface area contributed by atoms with Crippen LogP contribution in [0.3, 0.4) is 0 Å². The zero-order chi connectivity index (χ0) is 19.4. The van der Waals surface area contributed by atoms with Gasteiger partial charge in [-0.05, 0) is 44.9 Å². The maximum Gasteiger partial charge on any atom is 0.239 e. The van der Waals surface area contributed by atoms with Gasteiger partial charge in [0, 0.05) is 25.7 Å². The minimum absolute atomic E-state index is 0. The van der Waals surface area contributed by atoms with E-state index in [1.54, 1.807) is 14.2 Å². The molecule has 7 nitrogen and oxygen atoms in total. The van der Waals surface area contributed by atoms with Crippen LogP contribution >= 0.6 is 24.0 Å². The molecule has 3 N–H and O–H groups in total. The van der Waals surface area contributed by atoms with Gasteiger partial charge in [-0.1, -0.05) is 12.1 Å². The molecule has 0 aliphatic carbocycles. The first-order chi connectivity index (χ1) is 12.3. The average molecular weight is 492 g/mol. The molecule has 0 saturated carbocycles. The van der Waals surface area contributed by atoms with Crippen molar-refractivity contribution in [3.8, 4) is 5.75 Å². The van der Waals surface area contributed by atoms with Crippen LogP contribution in [0.25, 0.3) is 0 Å². The molecule has 0 atom stereocenters. The van der Waals surface area contributed by atoms with E-state index in [0.29, 0.717) is 25.7 Å². The van der Waals surface area contributed by atoms with Gasteiger partial charge in [-0.3, -0.25) is 9.79 Å². The fraction of sp³-hybridized carbons (Fsp3) is 0.579. The summed E-state index contributed by atoms with van der Waals surface area (Å²) < 4.78 is 10.8. The standard InChI is InChI=1S/C19H32N4O3.HI/c1-19(2,3)23-17(24)13-22-18(20-4)21-11-6-12-26-14-15-7-9-16(25-5)10-8-15;/h7-10H,6,11-14H2,1-5H3,(H,23,24)(H2,20,21,22);1H. The van der Waals surface area contributed by atoms with Gasteiger partial charge in [0.2, 0.25) is 5.91 Å². The Morgan fingerprint density at radius 2 is 1.81 bits per heavy atom. The second-order valence-electron chi connectivity index (χ2n) is 6.90. The van der Waals surface area contributed by atoms with Crippen LogP contribution in [0.4, 0.5) is 0 Å². The van der Waals surface area contributed by atoms with Gasteiger partial charge in [0.25, 0.3) is 0 Å². The summed E-state index contributed by atoms with van der Waals surface area (Å²) in [5.74, 6) is 1.38. The second kappa shape index (κ2) is 13.6. The maximum absolute atomic E-state index is 11.8. The van der Waals surface area contributed by atoms with Gasteiger partial charge in [0.05, 0.1) is 20.3 Å². The van der Waals surface area contributed by atoms with Gasteiger partial charge in [0.15, 0.2) is 5.96 Å². The van der Waals surface area contributed by atoms with Gasteiger partial charge in [-0.2, -0.15) is 0 Å². The van der Waals surface area contributed by atoms with Gasteiger partial charge >= 0.3 is 0 Å². The number of methoxy groups -OCH3 is 1. The van der Waals surface area contributed by atoms with Crippen molar-refractivity contribution in [1.29, 1.82) is 0 Å². The Morgan fingerprint density at radius 1 is 1.15 bits per heavy atom. The molecule has 0 heterocycles. The lowest BCUT2D eigenvalue weighted by atomic mass is 10.1. The van der Waals surface area contributed by atoms with Crippen molar-refractivity contribution >= 4 is 35.8 Å². The van der Waals surface area contributed by atoms with E-state index in [4.69, 9.17) is 9.47 Å². The summed E-state index contributed by atoms with van der Waals surface area (Å²) >= 11 is 0. The third-order valence-electron chi connectivity index (χ3n) is 3.34. The number of aliphatic imine (C=N–C) groups is 1. The summed E-state index contributed by atoms with van der Waals surface area (Å²) in [5, 5.41) is 9.05. The lowest BCUT2D eigenvalue weighted by Crippen LogP contribution is -2.48. The van der Waals surface area contributed by atoms with Gasteiger partial charge in [-0.25, -0.2) is 0 Å². The number of hydrogen-bond acceptors (Lipinski definition) is 4. The normalized spacial score (nSPS) is 11.4. The van der Waals surface area contributed by atoms with E-state index < -0.39 is 0 Å². The SMILES string of the molecule is CN=C(NCCCOCc1ccc(OC)cc1)NCC(=O)NC(C)(C)C.I. The molecular formula is C19H33IN4O3. The number of rotatable bonds is 9. The third-order valence-corrected chi connectivity index (χ3v) is 3.34. The Hall–Kier alpha value is -1.55. The first-order valence-corrected chi connectivity index (χ1v) is 8.80. The average Bonchev–Trinajstić information content (AvgIpc) is 2.59. The highest BCUT2D eigenvalue weighted by Crippen LogP contribution is 2.11. The largest absolute Gasteiger partial charge is 0.497 e. The molecule has 0 aliphatic rings. The van der Waals surface area contributed by atoms with Crippen LogP contribution in [0.5, 0.6) is 5.75 Å². The summed E-state index contributed by atoms with van der Waals surface area (Å²) in [6.45, 7) is 7.95. The van der Waals surface area contributed by atoms with Crippen molar-refractivity contribution in [2.24, 2.45) is 4.99 Å². The molecule has 1 rings (SSSR count). The van der Waals surface area contributed by atoms with Crippen LogP contribution < -0.4 is 20.7 Å². The smallest absolute Gasteiger partial charge is 0.239 e. The summed E-state index contributed by atoms with van der Waals surface area (Å²) in [5.41, 5.74) is 0.873. The first kappa shape index (κ1) is 25.4. The van der Waals surface area contributed by atoms with Crippen LogP contribution in [0.15, 0.2) is 29.3 Å². The highest BCUT2D eigenvalue weighted by Gasteiger charge is 2.13. The number of hydrogen-bond donors (Lipinski definition) is 3. The van der Waals surface area contributed by atoms with E-state index in [0.717, 1.165) is 17.7 Å². The lowest BCUT2D eigenvalue weighted by molar-refractivity contribution is -0.121. The molecule has 1 amide bonds. The van der Waals surface area contributed by atoms with E-state index in [-0.39, 0.29) is 42.0 Å². The summed E-state index contributed by atoms with van der Waals surface area (Å²) in [6.07, 6.45) is 0.838. The summed E-state index contributed by atoms with van der Waals surface area (Å²) in [7, 11) is 3.33. The van der Waals surface area contributed by atoms with E-state index >= 15 is 0 Å². The lowest BCUT2D eigenvalue weighted by Gasteiger charge is -2.21. The van der Waals surface area contributed by atoms with Crippen molar-refractivity contribution in [3.05, 3.63) is 29.8 Å². The molecule has 0 bridgehead atoms. The van der Waals surface area contributed by atoms with Crippen LogP contribution in [-0.2, 0) is 16.1 Å². The van der Waals surface area contributed by atoms with E-state index in [2.05, 4.69) is 20.9 Å². The number of carbonyl (C=O) groups is 1. The fourth-order valence-electron chi connectivity index (χ4n) is 2.14. The third kappa shape index (κ3) is 12.5. The Balaban J connectivity index is 0.00000676. The molecule has 8 heteroatoms. The molecule has 0 saturated heterocycles. The van der Waals surface area contributed by atoms with E-state index in [1.807, 2.05) is 45.0 Å². The maximum atomic E-state index is 11.8. The van der Waals surface area contributed by atoms with Crippen LogP contribution in [0, 0.1) is 0 Å². The number of nitrogens with one attached hydrogen (secondary N) is 3. The molecule has 0 spiro atoms. The highest BCUT2D eigenvalue weighted by atomic mass is 127.